The third kappa shape index (κ3) is 2.53. The average Bonchev–Trinajstić information content (AvgIpc) is 2.46. The molecular formula is C16H16N2O. The van der Waals surface area contributed by atoms with Crippen LogP contribution in [0.2, 0.25) is 0 Å². The van der Waals surface area contributed by atoms with Gasteiger partial charge in [-0.1, -0.05) is 18.2 Å². The molecule has 3 heteroatoms. The van der Waals surface area contributed by atoms with Gasteiger partial charge in [0.05, 0.1) is 24.0 Å². The van der Waals surface area contributed by atoms with Crippen LogP contribution in [0.5, 0.6) is 5.75 Å². The van der Waals surface area contributed by atoms with E-state index >= 15 is 0 Å². The number of para-hydroxylation sites is 2. The summed E-state index contributed by atoms with van der Waals surface area (Å²) < 4.78 is 5.36. The van der Waals surface area contributed by atoms with E-state index in [1.807, 2.05) is 61.3 Å². The summed E-state index contributed by atoms with van der Waals surface area (Å²) in [6.07, 6.45) is 0. The Morgan fingerprint density at radius 2 is 1.84 bits per heavy atom. The van der Waals surface area contributed by atoms with Crippen LogP contribution in [-0.2, 0) is 0 Å². The zero-order chi connectivity index (χ0) is 13.8. The first-order chi connectivity index (χ1) is 9.17. The van der Waals surface area contributed by atoms with Crippen LogP contribution in [-0.4, -0.2) is 14.2 Å². The van der Waals surface area contributed by atoms with Crippen molar-refractivity contribution < 1.29 is 4.74 Å². The maximum atomic E-state index is 9.26. The van der Waals surface area contributed by atoms with Gasteiger partial charge in [0, 0.05) is 7.05 Å². The van der Waals surface area contributed by atoms with Crippen molar-refractivity contribution in [2.24, 2.45) is 0 Å². The highest BCUT2D eigenvalue weighted by molar-refractivity contribution is 5.73. The minimum absolute atomic E-state index is 0.661. The quantitative estimate of drug-likeness (QED) is 0.836. The Balaban J connectivity index is 2.50. The zero-order valence-corrected chi connectivity index (χ0v) is 11.3. The van der Waals surface area contributed by atoms with Crippen LogP contribution in [0.1, 0.15) is 11.1 Å². The lowest BCUT2D eigenvalue weighted by Crippen LogP contribution is -2.12. The van der Waals surface area contributed by atoms with E-state index in [0.29, 0.717) is 5.56 Å². The van der Waals surface area contributed by atoms with Crippen LogP contribution in [0.3, 0.4) is 0 Å². The van der Waals surface area contributed by atoms with E-state index in [0.717, 1.165) is 22.7 Å². The molecule has 0 radical (unpaired) electrons. The predicted octanol–water partition coefficient (Wildman–Crippen LogP) is 3.64. The molecule has 0 aliphatic rings. The van der Waals surface area contributed by atoms with Crippen LogP contribution in [0.4, 0.5) is 11.4 Å². The maximum Gasteiger partial charge on any atom is 0.142 e. The monoisotopic (exact) mass is 252 g/mol. The Morgan fingerprint density at radius 3 is 2.53 bits per heavy atom. The molecule has 3 nitrogen and oxygen atoms in total. The number of hydrogen-bond donors (Lipinski definition) is 0. The van der Waals surface area contributed by atoms with Gasteiger partial charge in [-0.05, 0) is 36.8 Å². The fourth-order valence-corrected chi connectivity index (χ4v) is 2.07. The largest absolute Gasteiger partial charge is 0.495 e. The minimum atomic E-state index is 0.661. The summed E-state index contributed by atoms with van der Waals surface area (Å²) in [6.45, 7) is 1.98. The molecule has 0 saturated heterocycles. The van der Waals surface area contributed by atoms with Crippen molar-refractivity contribution in [3.8, 4) is 11.8 Å². The number of methoxy groups -OCH3 is 1. The van der Waals surface area contributed by atoms with Crippen molar-refractivity contribution >= 4 is 11.4 Å². The highest BCUT2D eigenvalue weighted by Gasteiger charge is 2.12. The zero-order valence-electron chi connectivity index (χ0n) is 11.3. The molecule has 19 heavy (non-hydrogen) atoms. The van der Waals surface area contributed by atoms with Crippen molar-refractivity contribution in [2.45, 2.75) is 6.92 Å². The fourth-order valence-electron chi connectivity index (χ4n) is 2.07. The van der Waals surface area contributed by atoms with E-state index in [-0.39, 0.29) is 0 Å². The molecule has 0 atom stereocenters. The molecule has 0 aromatic heterocycles. The van der Waals surface area contributed by atoms with E-state index in [1.165, 1.54) is 0 Å². The summed E-state index contributed by atoms with van der Waals surface area (Å²) in [4.78, 5) is 1.97. The van der Waals surface area contributed by atoms with Crippen LogP contribution in [0.15, 0.2) is 42.5 Å². The van der Waals surface area contributed by atoms with Gasteiger partial charge in [-0.15, -0.1) is 0 Å². The highest BCUT2D eigenvalue weighted by atomic mass is 16.5. The van der Waals surface area contributed by atoms with Gasteiger partial charge >= 0.3 is 0 Å². The third-order valence-electron chi connectivity index (χ3n) is 3.08. The molecule has 96 valence electrons. The lowest BCUT2D eigenvalue weighted by atomic mass is 10.1. The van der Waals surface area contributed by atoms with Gasteiger partial charge in [-0.3, -0.25) is 0 Å². The molecule has 0 saturated carbocycles. The van der Waals surface area contributed by atoms with Crippen molar-refractivity contribution in [3.05, 3.63) is 53.6 Å². The van der Waals surface area contributed by atoms with E-state index in [4.69, 9.17) is 4.74 Å². The number of nitrogens with zero attached hydrogens (tertiary/aromatic N) is 2. The van der Waals surface area contributed by atoms with Crippen molar-refractivity contribution in [1.82, 2.24) is 0 Å². The van der Waals surface area contributed by atoms with E-state index < -0.39 is 0 Å². The normalized spacial score (nSPS) is 9.79. The average molecular weight is 252 g/mol. The van der Waals surface area contributed by atoms with Gasteiger partial charge in [0.25, 0.3) is 0 Å². The Morgan fingerprint density at radius 1 is 1.11 bits per heavy atom. The Labute approximate surface area is 113 Å². The highest BCUT2D eigenvalue weighted by Crippen LogP contribution is 2.33. The molecule has 0 fully saturated rings. The summed E-state index contributed by atoms with van der Waals surface area (Å²) in [7, 11) is 3.58. The van der Waals surface area contributed by atoms with Crippen molar-refractivity contribution in [3.63, 3.8) is 0 Å². The number of nitriles is 1. The second kappa shape index (κ2) is 5.45. The second-order valence-electron chi connectivity index (χ2n) is 4.36. The number of ether oxygens (including phenoxy) is 1. The molecule has 2 aromatic carbocycles. The first-order valence-corrected chi connectivity index (χ1v) is 6.05. The SMILES string of the molecule is COc1ccccc1N(C)c1ccc(C)cc1C#N. The summed E-state index contributed by atoms with van der Waals surface area (Å²) in [5, 5.41) is 9.26. The van der Waals surface area contributed by atoms with Gasteiger partial charge in [-0.2, -0.15) is 5.26 Å². The summed E-state index contributed by atoms with van der Waals surface area (Å²) >= 11 is 0. The van der Waals surface area contributed by atoms with Crippen LogP contribution in [0.25, 0.3) is 0 Å². The Hall–Kier alpha value is -2.47. The standard InChI is InChI=1S/C16H16N2O/c1-12-8-9-14(13(10-12)11-17)18(2)15-6-4-5-7-16(15)19-3/h4-10H,1-3H3. The van der Waals surface area contributed by atoms with Crippen LogP contribution < -0.4 is 9.64 Å². The molecule has 0 N–H and O–H groups in total. The van der Waals surface area contributed by atoms with Gasteiger partial charge in [0.15, 0.2) is 0 Å². The topological polar surface area (TPSA) is 36.3 Å². The molecular weight excluding hydrogens is 236 g/mol. The number of aryl methyl sites for hydroxylation is 1. The molecule has 0 heterocycles. The maximum absolute atomic E-state index is 9.26. The number of benzene rings is 2. The van der Waals surface area contributed by atoms with Crippen molar-refractivity contribution in [2.75, 3.05) is 19.1 Å². The van der Waals surface area contributed by atoms with E-state index in [2.05, 4.69) is 6.07 Å². The molecule has 0 amide bonds. The Kier molecular flexibility index (Phi) is 3.72. The predicted molar refractivity (Wildman–Crippen MR) is 77.0 cm³/mol. The minimum Gasteiger partial charge on any atom is -0.495 e. The van der Waals surface area contributed by atoms with E-state index in [9.17, 15) is 5.26 Å². The summed E-state index contributed by atoms with van der Waals surface area (Å²) in [6, 6.07) is 15.9. The molecule has 0 unspecified atom stereocenters. The second-order valence-corrected chi connectivity index (χ2v) is 4.36. The summed E-state index contributed by atoms with van der Waals surface area (Å²) in [5.41, 5.74) is 3.55. The molecule has 0 spiro atoms. The number of rotatable bonds is 3. The van der Waals surface area contributed by atoms with E-state index in [1.54, 1.807) is 7.11 Å². The molecule has 0 aliphatic carbocycles. The first kappa shape index (κ1) is 13.0. The van der Waals surface area contributed by atoms with Gasteiger partial charge in [0.1, 0.15) is 11.8 Å². The first-order valence-electron chi connectivity index (χ1n) is 6.05. The smallest absolute Gasteiger partial charge is 0.142 e. The van der Waals surface area contributed by atoms with Crippen LogP contribution in [0, 0.1) is 18.3 Å². The Bertz CT molecular complexity index is 629. The van der Waals surface area contributed by atoms with Crippen LogP contribution >= 0.6 is 0 Å². The number of anilines is 2. The molecule has 2 rings (SSSR count). The molecule has 2 aromatic rings. The lowest BCUT2D eigenvalue weighted by Gasteiger charge is -2.23. The summed E-state index contributed by atoms with van der Waals surface area (Å²) in [5.74, 6) is 0.787. The van der Waals surface area contributed by atoms with Gasteiger partial charge < -0.3 is 9.64 Å². The lowest BCUT2D eigenvalue weighted by molar-refractivity contribution is 0.415. The van der Waals surface area contributed by atoms with Gasteiger partial charge in [-0.25, -0.2) is 0 Å². The number of hydrogen-bond acceptors (Lipinski definition) is 3. The molecule has 0 aliphatic heterocycles. The third-order valence-corrected chi connectivity index (χ3v) is 3.08. The fraction of sp³-hybridized carbons (Fsp3) is 0.188. The van der Waals surface area contributed by atoms with Crippen molar-refractivity contribution in [1.29, 1.82) is 5.26 Å². The molecule has 0 bridgehead atoms. The van der Waals surface area contributed by atoms with Gasteiger partial charge in [0.2, 0.25) is 0 Å².